The van der Waals surface area contributed by atoms with Crippen LogP contribution in [0.1, 0.15) is 22.5 Å². The molecule has 0 unspecified atom stereocenters. The summed E-state index contributed by atoms with van der Waals surface area (Å²) >= 11 is 0. The number of hydrogen-bond acceptors (Lipinski definition) is 3. The molecular weight excluding hydrogens is 293 g/mol. The normalized spacial score (nSPS) is 16.1. The van der Waals surface area contributed by atoms with E-state index >= 15 is 0 Å². The van der Waals surface area contributed by atoms with Crippen molar-refractivity contribution in [1.29, 1.82) is 0 Å². The number of rotatable bonds is 3. The Hall–Kier alpha value is -2.27. The SMILES string of the molecule is O=C(c1cccc(F)c1)N1CCCN(Cc2ccccn2)CC1. The van der Waals surface area contributed by atoms with Gasteiger partial charge in [-0.15, -0.1) is 0 Å². The molecule has 5 heteroatoms. The van der Waals surface area contributed by atoms with Crippen LogP contribution in [0.3, 0.4) is 0 Å². The highest BCUT2D eigenvalue weighted by Gasteiger charge is 2.20. The van der Waals surface area contributed by atoms with E-state index in [2.05, 4.69) is 9.88 Å². The highest BCUT2D eigenvalue weighted by Crippen LogP contribution is 2.12. The summed E-state index contributed by atoms with van der Waals surface area (Å²) in [5.41, 5.74) is 1.46. The minimum atomic E-state index is -0.373. The van der Waals surface area contributed by atoms with Gasteiger partial charge in [0.1, 0.15) is 5.82 Å². The molecule has 0 atom stereocenters. The predicted octanol–water partition coefficient (Wildman–Crippen LogP) is 2.57. The van der Waals surface area contributed by atoms with Crippen LogP contribution in [-0.4, -0.2) is 46.9 Å². The topological polar surface area (TPSA) is 36.4 Å². The van der Waals surface area contributed by atoms with E-state index in [9.17, 15) is 9.18 Å². The largest absolute Gasteiger partial charge is 0.337 e. The lowest BCUT2D eigenvalue weighted by atomic mass is 10.2. The second kappa shape index (κ2) is 7.33. The number of carbonyl (C=O) groups excluding carboxylic acids is 1. The third kappa shape index (κ3) is 4.13. The van der Waals surface area contributed by atoms with E-state index in [4.69, 9.17) is 0 Å². The highest BCUT2D eigenvalue weighted by molar-refractivity contribution is 5.94. The molecule has 2 heterocycles. The fourth-order valence-corrected chi connectivity index (χ4v) is 2.86. The Morgan fingerprint density at radius 1 is 1.09 bits per heavy atom. The molecule has 0 N–H and O–H groups in total. The van der Waals surface area contributed by atoms with Crippen LogP contribution in [-0.2, 0) is 6.54 Å². The summed E-state index contributed by atoms with van der Waals surface area (Å²) < 4.78 is 13.3. The highest BCUT2D eigenvalue weighted by atomic mass is 19.1. The number of pyridine rings is 1. The zero-order valence-electron chi connectivity index (χ0n) is 13.0. The molecule has 120 valence electrons. The lowest BCUT2D eigenvalue weighted by Crippen LogP contribution is -2.35. The first-order chi connectivity index (χ1) is 11.2. The first-order valence-electron chi connectivity index (χ1n) is 7.89. The van der Waals surface area contributed by atoms with E-state index in [-0.39, 0.29) is 11.7 Å². The van der Waals surface area contributed by atoms with Gasteiger partial charge in [0.15, 0.2) is 0 Å². The predicted molar refractivity (Wildman–Crippen MR) is 86.4 cm³/mol. The Balaban J connectivity index is 1.61. The van der Waals surface area contributed by atoms with Crippen molar-refractivity contribution in [1.82, 2.24) is 14.8 Å². The molecule has 2 aromatic rings. The van der Waals surface area contributed by atoms with Crippen LogP contribution in [0.2, 0.25) is 0 Å². The summed E-state index contributed by atoms with van der Waals surface area (Å²) in [6.45, 7) is 3.89. The standard InChI is InChI=1S/C18H20FN3O/c19-16-6-3-5-15(13-16)18(23)22-10-4-9-21(11-12-22)14-17-7-1-2-8-20-17/h1-3,5-8,13H,4,9-12,14H2. The van der Waals surface area contributed by atoms with Crippen LogP contribution in [0.4, 0.5) is 4.39 Å². The maximum atomic E-state index is 13.3. The average molecular weight is 313 g/mol. The quantitative estimate of drug-likeness (QED) is 0.874. The van der Waals surface area contributed by atoms with Gasteiger partial charge in [0, 0.05) is 44.5 Å². The van der Waals surface area contributed by atoms with Crippen molar-refractivity contribution in [3.8, 4) is 0 Å². The first-order valence-corrected chi connectivity index (χ1v) is 7.89. The molecule has 0 aliphatic carbocycles. The van der Waals surface area contributed by atoms with Crippen LogP contribution in [0.5, 0.6) is 0 Å². The fourth-order valence-electron chi connectivity index (χ4n) is 2.86. The third-order valence-electron chi connectivity index (χ3n) is 4.06. The van der Waals surface area contributed by atoms with Crippen LogP contribution in [0.15, 0.2) is 48.7 Å². The van der Waals surface area contributed by atoms with Crippen molar-refractivity contribution < 1.29 is 9.18 Å². The second-order valence-corrected chi connectivity index (χ2v) is 5.75. The monoisotopic (exact) mass is 313 g/mol. The van der Waals surface area contributed by atoms with Crippen LogP contribution >= 0.6 is 0 Å². The molecule has 1 amide bonds. The zero-order valence-corrected chi connectivity index (χ0v) is 13.0. The van der Waals surface area contributed by atoms with E-state index < -0.39 is 0 Å². The number of benzene rings is 1. The van der Waals surface area contributed by atoms with Gasteiger partial charge in [-0.1, -0.05) is 12.1 Å². The summed E-state index contributed by atoms with van der Waals surface area (Å²) in [5.74, 6) is -0.466. The number of carbonyl (C=O) groups is 1. The van der Waals surface area contributed by atoms with Crippen LogP contribution < -0.4 is 0 Å². The smallest absolute Gasteiger partial charge is 0.254 e. The zero-order chi connectivity index (χ0) is 16.1. The van der Waals surface area contributed by atoms with Crippen LogP contribution in [0, 0.1) is 5.82 Å². The molecule has 4 nitrogen and oxygen atoms in total. The van der Waals surface area contributed by atoms with Gasteiger partial charge < -0.3 is 4.90 Å². The van der Waals surface area contributed by atoms with Crippen molar-refractivity contribution in [3.05, 3.63) is 65.7 Å². The minimum absolute atomic E-state index is 0.0933. The van der Waals surface area contributed by atoms with Gasteiger partial charge in [-0.05, 0) is 36.8 Å². The fraction of sp³-hybridized carbons (Fsp3) is 0.333. The molecule has 1 fully saturated rings. The van der Waals surface area contributed by atoms with Crippen molar-refractivity contribution >= 4 is 5.91 Å². The van der Waals surface area contributed by atoms with E-state index in [1.54, 1.807) is 18.3 Å². The number of nitrogens with zero attached hydrogens (tertiary/aromatic N) is 3. The number of hydrogen-bond donors (Lipinski definition) is 0. The van der Waals surface area contributed by atoms with Crippen LogP contribution in [0.25, 0.3) is 0 Å². The second-order valence-electron chi connectivity index (χ2n) is 5.75. The summed E-state index contributed by atoms with van der Waals surface area (Å²) in [6.07, 6.45) is 2.71. The molecule has 1 aromatic carbocycles. The third-order valence-corrected chi connectivity index (χ3v) is 4.06. The summed E-state index contributed by atoms with van der Waals surface area (Å²) in [6, 6.07) is 11.8. The summed E-state index contributed by atoms with van der Waals surface area (Å²) in [4.78, 5) is 21.0. The van der Waals surface area contributed by atoms with Gasteiger partial charge in [-0.25, -0.2) is 4.39 Å². The van der Waals surface area contributed by atoms with E-state index in [1.165, 1.54) is 12.1 Å². The molecule has 0 radical (unpaired) electrons. The van der Waals surface area contributed by atoms with Gasteiger partial charge in [-0.2, -0.15) is 0 Å². The number of amides is 1. The molecule has 1 aromatic heterocycles. The van der Waals surface area contributed by atoms with E-state index in [0.29, 0.717) is 18.7 Å². The average Bonchev–Trinajstić information content (AvgIpc) is 2.81. The summed E-state index contributed by atoms with van der Waals surface area (Å²) in [5, 5.41) is 0. The Bertz CT molecular complexity index is 662. The molecule has 0 bridgehead atoms. The lowest BCUT2D eigenvalue weighted by molar-refractivity contribution is 0.0760. The van der Waals surface area contributed by atoms with Gasteiger partial charge in [0.25, 0.3) is 5.91 Å². The van der Waals surface area contributed by atoms with Gasteiger partial charge in [-0.3, -0.25) is 14.7 Å². The maximum absolute atomic E-state index is 13.3. The van der Waals surface area contributed by atoms with Gasteiger partial charge >= 0.3 is 0 Å². The number of aromatic nitrogens is 1. The first kappa shape index (κ1) is 15.6. The van der Waals surface area contributed by atoms with Gasteiger partial charge in [0.2, 0.25) is 0 Å². The van der Waals surface area contributed by atoms with Gasteiger partial charge in [0.05, 0.1) is 5.69 Å². The van der Waals surface area contributed by atoms with E-state index in [0.717, 1.165) is 31.7 Å². The van der Waals surface area contributed by atoms with Crippen molar-refractivity contribution in [2.45, 2.75) is 13.0 Å². The minimum Gasteiger partial charge on any atom is -0.337 e. The summed E-state index contributed by atoms with van der Waals surface area (Å²) in [7, 11) is 0. The van der Waals surface area contributed by atoms with Crippen molar-refractivity contribution in [2.24, 2.45) is 0 Å². The molecule has 0 saturated carbocycles. The lowest BCUT2D eigenvalue weighted by Gasteiger charge is -2.22. The number of halogens is 1. The molecule has 0 spiro atoms. The molecular formula is C18H20FN3O. The molecule has 1 aliphatic rings. The molecule has 1 saturated heterocycles. The van der Waals surface area contributed by atoms with Crippen molar-refractivity contribution in [2.75, 3.05) is 26.2 Å². The molecule has 3 rings (SSSR count). The molecule has 1 aliphatic heterocycles. The Kier molecular flexibility index (Phi) is 4.98. The Labute approximate surface area is 135 Å². The van der Waals surface area contributed by atoms with Crippen molar-refractivity contribution in [3.63, 3.8) is 0 Å². The molecule has 23 heavy (non-hydrogen) atoms. The Morgan fingerprint density at radius 3 is 2.78 bits per heavy atom. The van der Waals surface area contributed by atoms with E-state index in [1.807, 2.05) is 23.1 Å². The Morgan fingerprint density at radius 2 is 2.00 bits per heavy atom. The maximum Gasteiger partial charge on any atom is 0.254 e.